The topological polar surface area (TPSA) is 61.0 Å². The second-order valence-corrected chi connectivity index (χ2v) is 4.36. The summed E-state index contributed by atoms with van der Waals surface area (Å²) in [7, 11) is 1.71. The molecule has 0 radical (unpaired) electrons. The molecule has 0 unspecified atom stereocenters. The van der Waals surface area contributed by atoms with Gasteiger partial charge in [0.15, 0.2) is 0 Å². The fraction of sp³-hybridized carbons (Fsp3) is 0.600. The molecule has 1 aromatic heterocycles. The fourth-order valence-corrected chi connectivity index (χ4v) is 2.11. The zero-order valence-electron chi connectivity index (χ0n) is 9.41. The van der Waals surface area contributed by atoms with Gasteiger partial charge < -0.3 is 10.5 Å². The lowest BCUT2D eigenvalue weighted by Crippen LogP contribution is -2.02. The molecule has 2 N–H and O–H groups in total. The van der Waals surface area contributed by atoms with Crippen LogP contribution in [-0.2, 0) is 4.74 Å². The van der Waals surface area contributed by atoms with Crippen molar-refractivity contribution in [3.63, 3.8) is 0 Å². The minimum Gasteiger partial charge on any atom is -0.385 e. The summed E-state index contributed by atoms with van der Waals surface area (Å²) >= 11 is 1.70. The molecule has 1 rings (SSSR count). The van der Waals surface area contributed by atoms with Gasteiger partial charge in [0.05, 0.1) is 0 Å². The summed E-state index contributed by atoms with van der Waals surface area (Å²) in [5.74, 6) is 2.30. The monoisotopic (exact) mass is 227 g/mol. The number of methoxy groups -OCH3 is 1. The predicted molar refractivity (Wildman–Crippen MR) is 63.1 cm³/mol. The molecule has 1 aromatic rings. The van der Waals surface area contributed by atoms with Crippen LogP contribution in [0, 0.1) is 13.8 Å². The van der Waals surface area contributed by atoms with Crippen LogP contribution in [-0.4, -0.2) is 29.4 Å². The lowest BCUT2D eigenvalue weighted by Gasteiger charge is -2.07. The van der Waals surface area contributed by atoms with Gasteiger partial charge in [-0.05, 0) is 20.3 Å². The third-order valence-electron chi connectivity index (χ3n) is 1.98. The van der Waals surface area contributed by atoms with Crippen molar-refractivity contribution < 1.29 is 4.74 Å². The smallest absolute Gasteiger partial charge is 0.131 e. The average molecular weight is 227 g/mol. The van der Waals surface area contributed by atoms with Crippen molar-refractivity contribution >= 4 is 17.6 Å². The molecule has 0 aromatic carbocycles. The van der Waals surface area contributed by atoms with Crippen LogP contribution in [0.2, 0.25) is 0 Å². The normalized spacial score (nSPS) is 10.6. The Labute approximate surface area is 94.6 Å². The maximum Gasteiger partial charge on any atom is 0.131 e. The molecule has 0 aliphatic rings. The van der Waals surface area contributed by atoms with Crippen molar-refractivity contribution in [3.8, 4) is 0 Å². The van der Waals surface area contributed by atoms with Gasteiger partial charge in [-0.1, -0.05) is 0 Å². The van der Waals surface area contributed by atoms with Crippen molar-refractivity contribution in [1.82, 2.24) is 9.97 Å². The van der Waals surface area contributed by atoms with Gasteiger partial charge in [-0.2, -0.15) is 0 Å². The Morgan fingerprint density at radius 1 is 1.33 bits per heavy atom. The number of rotatable bonds is 5. The van der Waals surface area contributed by atoms with Crippen molar-refractivity contribution in [2.24, 2.45) is 0 Å². The van der Waals surface area contributed by atoms with Gasteiger partial charge >= 0.3 is 0 Å². The molecule has 0 spiro atoms. The molecule has 1 heterocycles. The zero-order chi connectivity index (χ0) is 11.3. The number of aromatic nitrogens is 2. The Balaban J connectivity index is 2.60. The minimum absolute atomic E-state index is 0.580. The molecule has 0 bridgehead atoms. The number of nitrogens with two attached hydrogens (primary N) is 1. The third-order valence-corrected chi connectivity index (χ3v) is 3.15. The number of thioether (sulfide) groups is 1. The molecule has 4 nitrogen and oxygen atoms in total. The van der Waals surface area contributed by atoms with Gasteiger partial charge in [0.25, 0.3) is 0 Å². The number of hydrogen-bond donors (Lipinski definition) is 1. The number of aryl methyl sites for hydroxylation is 1. The maximum atomic E-state index is 5.76. The minimum atomic E-state index is 0.580. The molecule has 84 valence electrons. The van der Waals surface area contributed by atoms with Crippen molar-refractivity contribution in [2.75, 3.05) is 25.2 Å². The molecule has 0 amide bonds. The van der Waals surface area contributed by atoms with Crippen molar-refractivity contribution in [2.45, 2.75) is 25.3 Å². The summed E-state index contributed by atoms with van der Waals surface area (Å²) in [5.41, 5.74) is 6.74. The van der Waals surface area contributed by atoms with E-state index < -0.39 is 0 Å². The molecule has 15 heavy (non-hydrogen) atoms. The SMILES string of the molecule is COCCCSc1nc(C)nc(N)c1C. The first kappa shape index (κ1) is 12.3. The Kier molecular flexibility index (Phi) is 4.84. The molecule has 5 heteroatoms. The lowest BCUT2D eigenvalue weighted by atomic mass is 10.3. The van der Waals surface area contributed by atoms with Crippen molar-refractivity contribution in [1.29, 1.82) is 0 Å². The Bertz CT molecular complexity index is 331. The van der Waals surface area contributed by atoms with E-state index in [1.165, 1.54) is 0 Å². The highest BCUT2D eigenvalue weighted by atomic mass is 32.2. The van der Waals surface area contributed by atoms with Gasteiger partial charge in [0, 0.05) is 25.0 Å². The maximum absolute atomic E-state index is 5.76. The highest BCUT2D eigenvalue weighted by Gasteiger charge is 2.06. The fourth-order valence-electron chi connectivity index (χ4n) is 1.14. The van der Waals surface area contributed by atoms with E-state index in [4.69, 9.17) is 10.5 Å². The lowest BCUT2D eigenvalue weighted by molar-refractivity contribution is 0.200. The van der Waals surface area contributed by atoms with Gasteiger partial charge in [0.1, 0.15) is 16.7 Å². The van der Waals surface area contributed by atoms with E-state index in [0.29, 0.717) is 5.82 Å². The number of ether oxygens (including phenoxy) is 1. The highest BCUT2D eigenvalue weighted by Crippen LogP contribution is 2.23. The first-order valence-corrected chi connectivity index (χ1v) is 5.86. The quantitative estimate of drug-likeness (QED) is 0.472. The summed E-state index contributed by atoms with van der Waals surface area (Å²) in [5, 5.41) is 0.983. The molecule has 0 aliphatic carbocycles. The molecule has 0 saturated heterocycles. The van der Waals surface area contributed by atoms with Crippen LogP contribution in [0.5, 0.6) is 0 Å². The van der Waals surface area contributed by atoms with Crippen LogP contribution in [0.1, 0.15) is 17.8 Å². The van der Waals surface area contributed by atoms with Crippen molar-refractivity contribution in [3.05, 3.63) is 11.4 Å². The van der Waals surface area contributed by atoms with Crippen LogP contribution >= 0.6 is 11.8 Å². The van der Waals surface area contributed by atoms with E-state index in [0.717, 1.165) is 35.2 Å². The van der Waals surface area contributed by atoms with Gasteiger partial charge in [-0.3, -0.25) is 0 Å². The standard InChI is InChI=1S/C10H17N3OS/c1-7-9(11)12-8(2)13-10(7)15-6-4-5-14-3/h4-6H2,1-3H3,(H2,11,12,13). The molecule has 0 saturated carbocycles. The van der Waals surface area contributed by atoms with E-state index in [2.05, 4.69) is 9.97 Å². The van der Waals surface area contributed by atoms with Crippen LogP contribution in [0.3, 0.4) is 0 Å². The van der Waals surface area contributed by atoms with Crippen LogP contribution in [0.15, 0.2) is 5.03 Å². The Morgan fingerprint density at radius 3 is 2.73 bits per heavy atom. The summed E-state index contributed by atoms with van der Waals surface area (Å²) in [6.45, 7) is 4.59. The predicted octanol–water partition coefficient (Wildman–Crippen LogP) is 1.80. The Morgan fingerprint density at radius 2 is 2.07 bits per heavy atom. The van der Waals surface area contributed by atoms with Gasteiger partial charge in [-0.25, -0.2) is 9.97 Å². The summed E-state index contributed by atoms with van der Waals surface area (Å²) in [4.78, 5) is 8.47. The Hall–Kier alpha value is -0.810. The van der Waals surface area contributed by atoms with E-state index >= 15 is 0 Å². The van der Waals surface area contributed by atoms with E-state index in [1.807, 2.05) is 13.8 Å². The van der Waals surface area contributed by atoms with E-state index in [9.17, 15) is 0 Å². The molecular weight excluding hydrogens is 210 g/mol. The third kappa shape index (κ3) is 3.68. The molecule has 0 atom stereocenters. The number of nitrogen functional groups attached to an aromatic ring is 1. The number of anilines is 1. The summed E-state index contributed by atoms with van der Waals surface area (Å²) < 4.78 is 4.99. The molecule has 0 fully saturated rings. The van der Waals surface area contributed by atoms with E-state index in [-0.39, 0.29) is 0 Å². The largest absolute Gasteiger partial charge is 0.385 e. The van der Waals surface area contributed by atoms with Gasteiger partial charge in [0.2, 0.25) is 0 Å². The van der Waals surface area contributed by atoms with E-state index in [1.54, 1.807) is 18.9 Å². The number of hydrogen-bond acceptors (Lipinski definition) is 5. The summed E-state index contributed by atoms with van der Waals surface area (Å²) in [6.07, 6.45) is 1.02. The second kappa shape index (κ2) is 5.92. The van der Waals surface area contributed by atoms with Crippen LogP contribution in [0.25, 0.3) is 0 Å². The second-order valence-electron chi connectivity index (χ2n) is 3.28. The van der Waals surface area contributed by atoms with Crippen LogP contribution in [0.4, 0.5) is 5.82 Å². The molecular formula is C10H17N3OS. The van der Waals surface area contributed by atoms with Gasteiger partial charge in [-0.15, -0.1) is 11.8 Å². The zero-order valence-corrected chi connectivity index (χ0v) is 10.2. The summed E-state index contributed by atoms with van der Waals surface area (Å²) in [6, 6.07) is 0. The first-order chi connectivity index (χ1) is 7.15. The van der Waals surface area contributed by atoms with Crippen LogP contribution < -0.4 is 5.73 Å². The number of nitrogens with zero attached hydrogens (tertiary/aromatic N) is 2. The average Bonchev–Trinajstić information content (AvgIpc) is 2.19. The first-order valence-electron chi connectivity index (χ1n) is 4.87. The molecule has 0 aliphatic heterocycles. The highest BCUT2D eigenvalue weighted by molar-refractivity contribution is 7.99.